The van der Waals surface area contributed by atoms with Crippen LogP contribution in [0.25, 0.3) is 0 Å². The molecule has 0 bridgehead atoms. The van der Waals surface area contributed by atoms with Crippen LogP contribution in [-0.2, 0) is 14.3 Å². The van der Waals surface area contributed by atoms with Crippen LogP contribution in [0.4, 0.5) is 4.79 Å². The number of benzene rings is 1. The Balaban J connectivity index is 1.65. The molecule has 128 valence electrons. The number of nitrogens with zero attached hydrogens (tertiary/aromatic N) is 1. The zero-order valence-electron chi connectivity index (χ0n) is 12.9. The minimum absolute atomic E-state index is 0.184. The van der Waals surface area contributed by atoms with Crippen molar-refractivity contribution < 1.29 is 29.0 Å². The molecule has 2 heterocycles. The van der Waals surface area contributed by atoms with E-state index >= 15 is 0 Å². The number of amides is 3. The van der Waals surface area contributed by atoms with Crippen LogP contribution in [0.3, 0.4) is 0 Å². The molecule has 2 saturated heterocycles. The second-order valence-electron chi connectivity index (χ2n) is 5.65. The van der Waals surface area contributed by atoms with E-state index in [0.717, 1.165) is 0 Å². The van der Waals surface area contributed by atoms with Crippen LogP contribution in [0.2, 0.25) is 0 Å². The fourth-order valence-corrected chi connectivity index (χ4v) is 2.81. The van der Waals surface area contributed by atoms with E-state index in [2.05, 4.69) is 5.32 Å². The second-order valence-corrected chi connectivity index (χ2v) is 5.65. The van der Waals surface area contributed by atoms with Crippen LogP contribution in [0.1, 0.15) is 23.2 Å². The van der Waals surface area contributed by atoms with Gasteiger partial charge in [-0.1, -0.05) is 18.2 Å². The van der Waals surface area contributed by atoms with Gasteiger partial charge in [0.15, 0.2) is 0 Å². The summed E-state index contributed by atoms with van der Waals surface area (Å²) in [5, 5.41) is 11.7. The predicted molar refractivity (Wildman–Crippen MR) is 80.9 cm³/mol. The first-order valence-electron chi connectivity index (χ1n) is 7.71. The second kappa shape index (κ2) is 6.98. The van der Waals surface area contributed by atoms with Crippen LogP contribution >= 0.6 is 0 Å². The van der Waals surface area contributed by atoms with Crippen LogP contribution in [-0.4, -0.2) is 59.5 Å². The third-order valence-corrected chi connectivity index (χ3v) is 4.06. The molecule has 24 heavy (non-hydrogen) atoms. The third-order valence-electron chi connectivity index (χ3n) is 4.06. The van der Waals surface area contributed by atoms with Gasteiger partial charge in [-0.2, -0.15) is 0 Å². The highest BCUT2D eigenvalue weighted by atomic mass is 16.6. The molecule has 2 aliphatic heterocycles. The number of nitrogens with one attached hydrogen (secondary N) is 1. The SMILES string of the molecule is O=C1CCN([C@H]2C[C@H](OC(=O)c3ccccc3)[C@@H](CO)O2)C(=O)N1. The molecule has 2 aliphatic rings. The van der Waals surface area contributed by atoms with E-state index in [9.17, 15) is 19.5 Å². The summed E-state index contributed by atoms with van der Waals surface area (Å²) in [5.74, 6) is -0.846. The molecule has 8 nitrogen and oxygen atoms in total. The van der Waals surface area contributed by atoms with Gasteiger partial charge < -0.3 is 14.6 Å². The van der Waals surface area contributed by atoms with Gasteiger partial charge >= 0.3 is 12.0 Å². The van der Waals surface area contributed by atoms with Crippen molar-refractivity contribution in [2.75, 3.05) is 13.2 Å². The summed E-state index contributed by atoms with van der Waals surface area (Å²) in [7, 11) is 0. The van der Waals surface area contributed by atoms with Crippen molar-refractivity contribution in [2.24, 2.45) is 0 Å². The predicted octanol–water partition coefficient (Wildman–Crippen LogP) is 0.261. The van der Waals surface area contributed by atoms with Gasteiger partial charge in [-0.05, 0) is 12.1 Å². The average Bonchev–Trinajstić information content (AvgIpc) is 2.98. The van der Waals surface area contributed by atoms with Crippen LogP contribution in [0, 0.1) is 0 Å². The molecular weight excluding hydrogens is 316 g/mol. The number of hydrogen-bond acceptors (Lipinski definition) is 6. The number of esters is 1. The van der Waals surface area contributed by atoms with E-state index in [1.807, 2.05) is 0 Å². The lowest BCUT2D eigenvalue weighted by atomic mass is 10.1. The molecule has 0 unspecified atom stereocenters. The third kappa shape index (κ3) is 3.39. The lowest BCUT2D eigenvalue weighted by Crippen LogP contribution is -2.53. The molecule has 0 spiro atoms. The van der Waals surface area contributed by atoms with E-state index in [-0.39, 0.29) is 31.9 Å². The maximum atomic E-state index is 12.2. The smallest absolute Gasteiger partial charge is 0.338 e. The fraction of sp³-hybridized carbons (Fsp3) is 0.438. The summed E-state index contributed by atoms with van der Waals surface area (Å²) >= 11 is 0. The number of aliphatic hydroxyl groups is 1. The number of hydrogen-bond donors (Lipinski definition) is 2. The Morgan fingerprint density at radius 2 is 2.08 bits per heavy atom. The number of carbonyl (C=O) groups excluding carboxylic acids is 3. The van der Waals surface area contributed by atoms with Gasteiger partial charge in [0.25, 0.3) is 0 Å². The molecule has 1 aromatic rings. The Morgan fingerprint density at radius 1 is 1.33 bits per heavy atom. The normalized spacial score (nSPS) is 27.0. The lowest BCUT2D eigenvalue weighted by molar-refractivity contribution is -0.124. The van der Waals surface area contributed by atoms with Gasteiger partial charge in [0.05, 0.1) is 12.2 Å². The van der Waals surface area contributed by atoms with Gasteiger partial charge in [0.2, 0.25) is 5.91 Å². The number of ether oxygens (including phenoxy) is 2. The fourth-order valence-electron chi connectivity index (χ4n) is 2.81. The van der Waals surface area contributed by atoms with Crippen LogP contribution in [0.15, 0.2) is 30.3 Å². The molecule has 0 aliphatic carbocycles. The minimum Gasteiger partial charge on any atom is -0.456 e. The highest BCUT2D eigenvalue weighted by Crippen LogP contribution is 2.27. The Bertz CT molecular complexity index is 635. The quantitative estimate of drug-likeness (QED) is 0.765. The molecule has 1 aromatic carbocycles. The summed E-state index contributed by atoms with van der Waals surface area (Å²) in [5.41, 5.74) is 0.402. The minimum atomic E-state index is -0.715. The van der Waals surface area contributed by atoms with Crippen molar-refractivity contribution in [3.63, 3.8) is 0 Å². The van der Waals surface area contributed by atoms with Crippen molar-refractivity contribution in [1.82, 2.24) is 10.2 Å². The number of rotatable bonds is 4. The first kappa shape index (κ1) is 16.4. The molecule has 2 fully saturated rings. The van der Waals surface area contributed by atoms with Crippen molar-refractivity contribution in [3.05, 3.63) is 35.9 Å². The Hall–Kier alpha value is -2.45. The van der Waals surface area contributed by atoms with Gasteiger partial charge in [-0.25, -0.2) is 9.59 Å². The number of aliphatic hydroxyl groups excluding tert-OH is 1. The molecule has 0 radical (unpaired) electrons. The number of urea groups is 1. The summed E-state index contributed by atoms with van der Waals surface area (Å²) in [4.78, 5) is 36.6. The Kier molecular flexibility index (Phi) is 4.77. The maximum Gasteiger partial charge on any atom is 0.338 e. The Labute approximate surface area is 138 Å². The number of carbonyl (C=O) groups is 3. The van der Waals surface area contributed by atoms with Crippen molar-refractivity contribution in [1.29, 1.82) is 0 Å². The van der Waals surface area contributed by atoms with Gasteiger partial charge in [-0.3, -0.25) is 15.0 Å². The monoisotopic (exact) mass is 334 g/mol. The molecule has 0 saturated carbocycles. The molecule has 0 aromatic heterocycles. The molecule has 3 amide bonds. The van der Waals surface area contributed by atoms with Gasteiger partial charge in [-0.15, -0.1) is 0 Å². The lowest BCUT2D eigenvalue weighted by Gasteiger charge is -2.31. The van der Waals surface area contributed by atoms with Crippen LogP contribution in [0.5, 0.6) is 0 Å². The summed E-state index contributed by atoms with van der Waals surface area (Å²) in [6.45, 7) is -0.107. The molecule has 2 N–H and O–H groups in total. The van der Waals surface area contributed by atoms with E-state index in [4.69, 9.17) is 9.47 Å². The topological polar surface area (TPSA) is 105 Å². The largest absolute Gasteiger partial charge is 0.456 e. The zero-order chi connectivity index (χ0) is 17.1. The van der Waals surface area contributed by atoms with Crippen molar-refractivity contribution >= 4 is 17.9 Å². The van der Waals surface area contributed by atoms with Crippen molar-refractivity contribution in [3.8, 4) is 0 Å². The summed E-state index contributed by atoms with van der Waals surface area (Å²) in [6.07, 6.45) is -1.61. The highest BCUT2D eigenvalue weighted by Gasteiger charge is 2.43. The molecule has 3 atom stereocenters. The Morgan fingerprint density at radius 3 is 2.75 bits per heavy atom. The summed E-state index contributed by atoms with van der Waals surface area (Å²) in [6, 6.07) is 7.97. The maximum absolute atomic E-state index is 12.2. The standard InChI is InChI=1S/C16H18N2O6/c19-9-12-11(24-15(21)10-4-2-1-3-5-10)8-14(23-12)18-7-6-13(20)17-16(18)22/h1-5,11-12,14,19H,6-9H2,(H,17,20,22)/t11-,12+,14+/m0/s1. The first-order valence-corrected chi connectivity index (χ1v) is 7.71. The molecule has 3 rings (SSSR count). The first-order chi connectivity index (χ1) is 11.6. The highest BCUT2D eigenvalue weighted by molar-refractivity contribution is 5.96. The van der Waals surface area contributed by atoms with Crippen molar-refractivity contribution in [2.45, 2.75) is 31.3 Å². The van der Waals surface area contributed by atoms with E-state index in [1.165, 1.54) is 4.90 Å². The van der Waals surface area contributed by atoms with Crippen LogP contribution < -0.4 is 5.32 Å². The van der Waals surface area contributed by atoms with E-state index in [1.54, 1.807) is 30.3 Å². The number of imide groups is 1. The van der Waals surface area contributed by atoms with Gasteiger partial charge in [0.1, 0.15) is 18.4 Å². The summed E-state index contributed by atoms with van der Waals surface area (Å²) < 4.78 is 11.1. The van der Waals surface area contributed by atoms with Gasteiger partial charge in [0, 0.05) is 19.4 Å². The molecular formula is C16H18N2O6. The zero-order valence-corrected chi connectivity index (χ0v) is 12.9. The molecule has 8 heteroatoms. The van der Waals surface area contributed by atoms with E-state index < -0.39 is 30.4 Å². The average molecular weight is 334 g/mol. The van der Waals surface area contributed by atoms with E-state index in [0.29, 0.717) is 5.56 Å².